The molecule has 3 rings (SSSR count). The molecular weight excluding hydrogens is 374 g/mol. The summed E-state index contributed by atoms with van der Waals surface area (Å²) in [6.45, 7) is 4.74. The van der Waals surface area contributed by atoms with Crippen LogP contribution >= 0.6 is 0 Å². The van der Waals surface area contributed by atoms with Crippen molar-refractivity contribution in [1.29, 1.82) is 0 Å². The van der Waals surface area contributed by atoms with Gasteiger partial charge in [0.2, 0.25) is 0 Å². The number of nitrogens with one attached hydrogen (secondary N) is 1. The minimum absolute atomic E-state index is 0.171. The number of benzene rings is 3. The molecular formula is C26H29NO3. The first-order valence-electron chi connectivity index (χ1n) is 10.6. The fourth-order valence-corrected chi connectivity index (χ4v) is 3.06. The average Bonchev–Trinajstić information content (AvgIpc) is 2.79. The maximum absolute atomic E-state index is 12.7. The fourth-order valence-electron chi connectivity index (χ4n) is 3.06. The van der Waals surface area contributed by atoms with Gasteiger partial charge in [-0.05, 0) is 48.2 Å². The van der Waals surface area contributed by atoms with E-state index in [1.807, 2.05) is 73.7 Å². The van der Waals surface area contributed by atoms with Crippen LogP contribution in [0.2, 0.25) is 0 Å². The van der Waals surface area contributed by atoms with Crippen molar-refractivity contribution in [1.82, 2.24) is 0 Å². The third kappa shape index (κ3) is 6.11. The Balaban J connectivity index is 1.60. The molecule has 30 heavy (non-hydrogen) atoms. The summed E-state index contributed by atoms with van der Waals surface area (Å²) >= 11 is 0. The van der Waals surface area contributed by atoms with Crippen LogP contribution in [0.4, 0.5) is 5.69 Å². The number of anilines is 1. The summed E-state index contributed by atoms with van der Waals surface area (Å²) in [7, 11) is 0. The second kappa shape index (κ2) is 11.1. The molecule has 0 fully saturated rings. The fraction of sp³-hybridized carbons (Fsp3) is 0.269. The molecule has 0 bridgehead atoms. The molecule has 1 unspecified atom stereocenters. The van der Waals surface area contributed by atoms with Gasteiger partial charge in [0.05, 0.1) is 6.61 Å². The highest BCUT2D eigenvalue weighted by Crippen LogP contribution is 2.24. The lowest BCUT2D eigenvalue weighted by Gasteiger charge is -2.18. The number of hydrogen-bond acceptors (Lipinski definition) is 3. The third-order valence-electron chi connectivity index (χ3n) is 4.77. The van der Waals surface area contributed by atoms with E-state index < -0.39 is 6.10 Å². The van der Waals surface area contributed by atoms with Crippen molar-refractivity contribution >= 4 is 11.6 Å². The zero-order valence-electron chi connectivity index (χ0n) is 17.6. The van der Waals surface area contributed by atoms with Crippen molar-refractivity contribution < 1.29 is 14.3 Å². The standard InChI is InChI=1S/C26H29NO3/c1-3-5-18-29-24-13-9-12-22(19-24)27-26(28)25(4-2)30-23-16-14-21(15-17-23)20-10-7-6-8-11-20/h6-17,19,25H,3-5,18H2,1-2H3,(H,27,28). The molecule has 156 valence electrons. The summed E-state index contributed by atoms with van der Waals surface area (Å²) in [5, 5.41) is 2.94. The molecule has 0 spiro atoms. The molecule has 1 N–H and O–H groups in total. The molecule has 1 atom stereocenters. The Morgan fingerprint density at radius 1 is 0.867 bits per heavy atom. The molecule has 0 aliphatic carbocycles. The summed E-state index contributed by atoms with van der Waals surface area (Å²) in [5.74, 6) is 1.26. The van der Waals surface area contributed by atoms with E-state index in [2.05, 4.69) is 24.4 Å². The van der Waals surface area contributed by atoms with E-state index >= 15 is 0 Å². The smallest absolute Gasteiger partial charge is 0.265 e. The highest BCUT2D eigenvalue weighted by atomic mass is 16.5. The van der Waals surface area contributed by atoms with Gasteiger partial charge in [-0.1, -0.05) is 68.8 Å². The maximum atomic E-state index is 12.7. The van der Waals surface area contributed by atoms with Crippen LogP contribution in [-0.4, -0.2) is 18.6 Å². The molecule has 3 aromatic carbocycles. The predicted molar refractivity (Wildman–Crippen MR) is 122 cm³/mol. The summed E-state index contributed by atoms with van der Waals surface area (Å²) in [4.78, 5) is 12.7. The van der Waals surface area contributed by atoms with Gasteiger partial charge >= 0.3 is 0 Å². The van der Waals surface area contributed by atoms with E-state index in [0.29, 0.717) is 24.5 Å². The van der Waals surface area contributed by atoms with Gasteiger partial charge in [-0.2, -0.15) is 0 Å². The third-order valence-corrected chi connectivity index (χ3v) is 4.77. The van der Waals surface area contributed by atoms with E-state index in [0.717, 1.165) is 29.7 Å². The quantitative estimate of drug-likeness (QED) is 0.402. The van der Waals surface area contributed by atoms with Crippen molar-refractivity contribution in [3.8, 4) is 22.6 Å². The van der Waals surface area contributed by atoms with Crippen LogP contribution in [0.15, 0.2) is 78.9 Å². The highest BCUT2D eigenvalue weighted by Gasteiger charge is 2.19. The number of carbonyl (C=O) groups excluding carboxylic acids is 1. The van der Waals surface area contributed by atoms with Crippen molar-refractivity contribution in [3.63, 3.8) is 0 Å². The summed E-state index contributed by atoms with van der Waals surface area (Å²) in [5.41, 5.74) is 2.96. The van der Waals surface area contributed by atoms with Gasteiger partial charge < -0.3 is 14.8 Å². The Morgan fingerprint density at radius 3 is 2.30 bits per heavy atom. The van der Waals surface area contributed by atoms with Gasteiger partial charge in [-0.3, -0.25) is 4.79 Å². The minimum Gasteiger partial charge on any atom is -0.494 e. The number of carbonyl (C=O) groups is 1. The number of ether oxygens (including phenoxy) is 2. The summed E-state index contributed by atoms with van der Waals surface area (Å²) in [6, 6.07) is 25.5. The molecule has 0 aromatic heterocycles. The molecule has 0 radical (unpaired) electrons. The number of rotatable bonds is 10. The van der Waals surface area contributed by atoms with E-state index in [-0.39, 0.29) is 5.91 Å². The Labute approximate surface area is 178 Å². The molecule has 4 nitrogen and oxygen atoms in total. The first kappa shape index (κ1) is 21.4. The molecule has 0 heterocycles. The summed E-state index contributed by atoms with van der Waals surface area (Å²) in [6.07, 6.45) is 2.08. The Bertz CT molecular complexity index is 923. The van der Waals surface area contributed by atoms with Gasteiger partial charge in [0.25, 0.3) is 5.91 Å². The van der Waals surface area contributed by atoms with Gasteiger partial charge in [0, 0.05) is 11.8 Å². The van der Waals surface area contributed by atoms with Crippen LogP contribution in [0.25, 0.3) is 11.1 Å². The van der Waals surface area contributed by atoms with Crippen LogP contribution in [0.5, 0.6) is 11.5 Å². The van der Waals surface area contributed by atoms with Crippen LogP contribution in [-0.2, 0) is 4.79 Å². The predicted octanol–water partition coefficient (Wildman–Crippen LogP) is 6.33. The number of hydrogen-bond donors (Lipinski definition) is 1. The van der Waals surface area contributed by atoms with Crippen LogP contribution in [0, 0.1) is 0 Å². The molecule has 0 saturated carbocycles. The van der Waals surface area contributed by atoms with Gasteiger partial charge in [0.15, 0.2) is 6.10 Å². The van der Waals surface area contributed by atoms with Gasteiger partial charge in [0.1, 0.15) is 11.5 Å². The number of unbranched alkanes of at least 4 members (excludes halogenated alkanes) is 1. The second-order valence-electron chi connectivity index (χ2n) is 7.12. The Morgan fingerprint density at radius 2 is 1.60 bits per heavy atom. The highest BCUT2D eigenvalue weighted by molar-refractivity contribution is 5.94. The zero-order valence-corrected chi connectivity index (χ0v) is 17.6. The molecule has 0 saturated heterocycles. The lowest BCUT2D eigenvalue weighted by molar-refractivity contribution is -0.122. The van der Waals surface area contributed by atoms with Crippen LogP contribution in [0.3, 0.4) is 0 Å². The first-order valence-corrected chi connectivity index (χ1v) is 10.6. The molecule has 0 aliphatic heterocycles. The van der Waals surface area contributed by atoms with Crippen molar-refractivity contribution in [2.24, 2.45) is 0 Å². The summed E-state index contributed by atoms with van der Waals surface area (Å²) < 4.78 is 11.7. The maximum Gasteiger partial charge on any atom is 0.265 e. The van der Waals surface area contributed by atoms with E-state index in [9.17, 15) is 4.79 Å². The van der Waals surface area contributed by atoms with Crippen LogP contribution < -0.4 is 14.8 Å². The van der Waals surface area contributed by atoms with Crippen molar-refractivity contribution in [3.05, 3.63) is 78.9 Å². The average molecular weight is 404 g/mol. The monoisotopic (exact) mass is 403 g/mol. The lowest BCUT2D eigenvalue weighted by Crippen LogP contribution is -2.32. The topological polar surface area (TPSA) is 47.6 Å². The van der Waals surface area contributed by atoms with E-state index in [1.54, 1.807) is 0 Å². The van der Waals surface area contributed by atoms with Gasteiger partial charge in [-0.15, -0.1) is 0 Å². The normalized spacial score (nSPS) is 11.5. The Kier molecular flexibility index (Phi) is 7.90. The Hall–Kier alpha value is -3.27. The number of amides is 1. The first-order chi connectivity index (χ1) is 14.7. The molecule has 3 aromatic rings. The molecule has 0 aliphatic rings. The van der Waals surface area contributed by atoms with Gasteiger partial charge in [-0.25, -0.2) is 0 Å². The van der Waals surface area contributed by atoms with Crippen LogP contribution in [0.1, 0.15) is 33.1 Å². The van der Waals surface area contributed by atoms with E-state index in [1.165, 1.54) is 0 Å². The van der Waals surface area contributed by atoms with E-state index in [4.69, 9.17) is 9.47 Å². The van der Waals surface area contributed by atoms with Crippen molar-refractivity contribution in [2.75, 3.05) is 11.9 Å². The largest absolute Gasteiger partial charge is 0.494 e. The lowest BCUT2D eigenvalue weighted by atomic mass is 10.1. The second-order valence-corrected chi connectivity index (χ2v) is 7.12. The van der Waals surface area contributed by atoms with Crippen molar-refractivity contribution in [2.45, 2.75) is 39.2 Å². The molecule has 1 amide bonds. The minimum atomic E-state index is -0.572. The SMILES string of the molecule is CCCCOc1cccc(NC(=O)C(CC)Oc2ccc(-c3ccccc3)cc2)c1. The zero-order chi connectivity index (χ0) is 21.2. The molecule has 4 heteroatoms.